The summed E-state index contributed by atoms with van der Waals surface area (Å²) in [6.45, 7) is 0.733. The molecule has 1 aliphatic rings. The van der Waals surface area contributed by atoms with Crippen molar-refractivity contribution in [2.75, 3.05) is 31.4 Å². The Labute approximate surface area is 221 Å². The highest BCUT2D eigenvalue weighted by Gasteiger charge is 2.31. The van der Waals surface area contributed by atoms with Crippen LogP contribution in [0.5, 0.6) is 0 Å². The van der Waals surface area contributed by atoms with Crippen molar-refractivity contribution in [3.8, 4) is 11.3 Å². The van der Waals surface area contributed by atoms with E-state index in [0.717, 1.165) is 25.3 Å². The Hall–Kier alpha value is -2.45. The number of aromatic nitrogens is 2. The fraction of sp³-hybridized carbons (Fsp3) is 0.375. The molecule has 1 aromatic heterocycles. The predicted octanol–water partition coefficient (Wildman–Crippen LogP) is 5.07. The first-order valence-electron chi connectivity index (χ1n) is 11.4. The molecule has 0 bridgehead atoms. The van der Waals surface area contributed by atoms with Crippen LogP contribution in [-0.4, -0.2) is 51.5 Å². The molecule has 1 aliphatic heterocycles. The van der Waals surface area contributed by atoms with Crippen molar-refractivity contribution in [2.24, 2.45) is 0 Å². The van der Waals surface area contributed by atoms with E-state index in [1.165, 1.54) is 25.3 Å². The molecule has 1 fully saturated rings. The molecule has 0 N–H and O–H groups in total. The Morgan fingerprint density at radius 1 is 1.22 bits per heavy atom. The number of anilines is 1. The Kier molecular flexibility index (Phi) is 8.90. The largest absolute Gasteiger partial charge is 0.363 e. The zero-order chi connectivity index (χ0) is 26.6. The zero-order valence-corrected chi connectivity index (χ0v) is 22.3. The minimum absolute atomic E-state index is 0.00401. The summed E-state index contributed by atoms with van der Waals surface area (Å²) in [5.74, 6) is -3.07. The number of sulfonamides is 1. The van der Waals surface area contributed by atoms with Crippen molar-refractivity contribution in [2.45, 2.75) is 37.0 Å². The summed E-state index contributed by atoms with van der Waals surface area (Å²) in [7, 11) is -3.53. The van der Waals surface area contributed by atoms with Gasteiger partial charge in [-0.1, -0.05) is 6.07 Å². The van der Waals surface area contributed by atoms with E-state index in [2.05, 4.69) is 21.0 Å². The normalized spacial score (nSPS) is 16.2. The van der Waals surface area contributed by atoms with Gasteiger partial charge in [-0.15, -0.1) is 0 Å². The maximum atomic E-state index is 15.8. The molecule has 3 aromatic rings. The van der Waals surface area contributed by atoms with Crippen molar-refractivity contribution < 1.29 is 35.8 Å². The van der Waals surface area contributed by atoms with E-state index in [1.807, 2.05) is 0 Å². The summed E-state index contributed by atoms with van der Waals surface area (Å²) in [6.07, 6.45) is 4.28. The van der Waals surface area contributed by atoms with E-state index in [-0.39, 0.29) is 17.5 Å². The molecule has 2 heterocycles. The molecular formula is C24H25BrF3N3O5S. The third-order valence-electron chi connectivity index (χ3n) is 5.69. The van der Waals surface area contributed by atoms with Crippen LogP contribution in [0.25, 0.3) is 11.3 Å². The van der Waals surface area contributed by atoms with Gasteiger partial charge < -0.3 is 14.2 Å². The number of rotatable bonds is 10. The maximum absolute atomic E-state index is 15.8. The van der Waals surface area contributed by atoms with E-state index in [0.29, 0.717) is 40.7 Å². The van der Waals surface area contributed by atoms with Gasteiger partial charge in [0.25, 0.3) is 10.0 Å². The van der Waals surface area contributed by atoms with E-state index < -0.39 is 44.8 Å². The molecule has 2 aromatic carbocycles. The van der Waals surface area contributed by atoms with Crippen LogP contribution >= 0.6 is 15.9 Å². The van der Waals surface area contributed by atoms with Gasteiger partial charge in [0, 0.05) is 25.5 Å². The SMILES string of the molecule is COCN(c1cccc(-c2nn(CCOC3CCCCO3)cc2Br)c1F)S(=O)(=O)c1cc(F)ccc1F. The molecule has 8 nitrogen and oxygen atoms in total. The Morgan fingerprint density at radius 2 is 2.03 bits per heavy atom. The Balaban J connectivity index is 1.62. The van der Waals surface area contributed by atoms with Crippen LogP contribution in [0, 0.1) is 17.5 Å². The maximum Gasteiger partial charge on any atom is 0.269 e. The first-order chi connectivity index (χ1) is 17.7. The fourth-order valence-corrected chi connectivity index (χ4v) is 5.88. The summed E-state index contributed by atoms with van der Waals surface area (Å²) in [4.78, 5) is -0.943. The van der Waals surface area contributed by atoms with Crippen LogP contribution in [-0.2, 0) is 30.8 Å². The topological polar surface area (TPSA) is 82.9 Å². The number of hydrogen-bond acceptors (Lipinski definition) is 6. The molecule has 13 heteroatoms. The van der Waals surface area contributed by atoms with Crippen LogP contribution in [0.1, 0.15) is 19.3 Å². The van der Waals surface area contributed by atoms with Gasteiger partial charge in [0.2, 0.25) is 0 Å². The van der Waals surface area contributed by atoms with Crippen LogP contribution in [0.3, 0.4) is 0 Å². The lowest BCUT2D eigenvalue weighted by molar-refractivity contribution is -0.163. The number of halogens is 4. The zero-order valence-electron chi connectivity index (χ0n) is 19.9. The highest BCUT2D eigenvalue weighted by atomic mass is 79.9. The summed E-state index contributed by atoms with van der Waals surface area (Å²) in [5, 5.41) is 4.42. The second kappa shape index (κ2) is 11.9. The average molecular weight is 604 g/mol. The van der Waals surface area contributed by atoms with Crippen LogP contribution < -0.4 is 4.31 Å². The molecule has 1 saturated heterocycles. The first kappa shape index (κ1) is 27.6. The van der Waals surface area contributed by atoms with Gasteiger partial charge >= 0.3 is 0 Å². The fourth-order valence-electron chi connectivity index (χ4n) is 3.89. The molecular weight excluding hydrogens is 579 g/mol. The minimum Gasteiger partial charge on any atom is -0.363 e. The van der Waals surface area contributed by atoms with Crippen LogP contribution in [0.15, 0.2) is 52.0 Å². The molecule has 0 radical (unpaired) electrons. The third kappa shape index (κ3) is 6.17. The Morgan fingerprint density at radius 3 is 2.76 bits per heavy atom. The molecule has 0 saturated carbocycles. The summed E-state index contributed by atoms with van der Waals surface area (Å²) in [5.41, 5.74) is -0.196. The number of hydrogen-bond donors (Lipinski definition) is 0. The van der Waals surface area contributed by atoms with Crippen molar-refractivity contribution in [3.05, 3.63) is 64.5 Å². The smallest absolute Gasteiger partial charge is 0.269 e. The van der Waals surface area contributed by atoms with Gasteiger partial charge in [-0.25, -0.2) is 25.9 Å². The third-order valence-corrected chi connectivity index (χ3v) is 8.02. The molecule has 0 aliphatic carbocycles. The molecule has 0 amide bonds. The van der Waals surface area contributed by atoms with Gasteiger partial charge in [-0.05, 0) is 65.5 Å². The molecule has 1 unspecified atom stereocenters. The average Bonchev–Trinajstić information content (AvgIpc) is 3.25. The van der Waals surface area contributed by atoms with Gasteiger partial charge in [0.05, 0.1) is 23.3 Å². The number of benzene rings is 2. The standard InChI is InChI=1S/C24H25BrF3N3O5S/c1-34-15-31(37(32,33)21-13-16(26)8-9-19(21)27)20-6-4-5-17(23(20)28)24-18(25)14-30(29-24)10-12-36-22-7-2-3-11-35-22/h4-6,8-9,13-14,22H,2-3,7,10-12,15H2,1H3. The van der Waals surface area contributed by atoms with E-state index in [4.69, 9.17) is 14.2 Å². The quantitative estimate of drug-likeness (QED) is 0.301. The van der Waals surface area contributed by atoms with Gasteiger partial charge in [0.1, 0.15) is 29.0 Å². The number of ether oxygens (including phenoxy) is 3. The monoisotopic (exact) mass is 603 g/mol. The molecule has 0 spiro atoms. The second-order valence-corrected chi connectivity index (χ2v) is 10.9. The second-order valence-electron chi connectivity index (χ2n) is 8.24. The lowest BCUT2D eigenvalue weighted by Gasteiger charge is -2.24. The lowest BCUT2D eigenvalue weighted by Crippen LogP contribution is -2.34. The first-order valence-corrected chi connectivity index (χ1v) is 13.7. The summed E-state index contributed by atoms with van der Waals surface area (Å²) >= 11 is 3.38. The molecule has 1 atom stereocenters. The highest BCUT2D eigenvalue weighted by Crippen LogP contribution is 2.35. The van der Waals surface area contributed by atoms with Gasteiger partial charge in [0.15, 0.2) is 12.1 Å². The van der Waals surface area contributed by atoms with E-state index in [1.54, 1.807) is 10.9 Å². The van der Waals surface area contributed by atoms with Crippen molar-refractivity contribution in [3.63, 3.8) is 0 Å². The predicted molar refractivity (Wildman–Crippen MR) is 133 cm³/mol. The summed E-state index contributed by atoms with van der Waals surface area (Å²) < 4.78 is 89.2. The Bertz CT molecular complexity index is 1350. The van der Waals surface area contributed by atoms with E-state index >= 15 is 4.39 Å². The van der Waals surface area contributed by atoms with Crippen LogP contribution in [0.4, 0.5) is 18.9 Å². The lowest BCUT2D eigenvalue weighted by atomic mass is 10.1. The summed E-state index contributed by atoms with van der Waals surface area (Å²) in [6, 6.07) is 6.08. The minimum atomic E-state index is -4.73. The number of nitrogens with zero attached hydrogens (tertiary/aromatic N) is 3. The van der Waals surface area contributed by atoms with Gasteiger partial charge in [-0.2, -0.15) is 5.10 Å². The van der Waals surface area contributed by atoms with Crippen LogP contribution in [0.2, 0.25) is 0 Å². The van der Waals surface area contributed by atoms with Crippen molar-refractivity contribution >= 4 is 31.6 Å². The number of methoxy groups -OCH3 is 1. The van der Waals surface area contributed by atoms with E-state index in [9.17, 15) is 17.2 Å². The van der Waals surface area contributed by atoms with Gasteiger partial charge in [-0.3, -0.25) is 4.68 Å². The van der Waals surface area contributed by atoms with Crippen molar-refractivity contribution in [1.29, 1.82) is 0 Å². The van der Waals surface area contributed by atoms with Crippen molar-refractivity contribution in [1.82, 2.24) is 9.78 Å². The highest BCUT2D eigenvalue weighted by molar-refractivity contribution is 9.10. The molecule has 4 rings (SSSR count). The molecule has 200 valence electrons. The molecule has 37 heavy (non-hydrogen) atoms.